The molecule has 0 amide bonds. The van der Waals surface area contributed by atoms with Crippen molar-refractivity contribution in [1.29, 1.82) is 0 Å². The van der Waals surface area contributed by atoms with Gasteiger partial charge < -0.3 is 26.5 Å². The number of fused-ring (bicyclic) bond motifs is 10. The molecule has 8 aliphatic carbocycles. The first-order valence-electron chi connectivity index (χ1n) is 28.3. The number of H-pyrrole nitrogens is 1. The van der Waals surface area contributed by atoms with E-state index in [4.69, 9.17) is 4.74 Å². The number of alkyl halides is 7. The zero-order valence-electron chi connectivity index (χ0n) is 48.2. The van der Waals surface area contributed by atoms with Crippen molar-refractivity contribution in [1.82, 2.24) is 20.0 Å². The van der Waals surface area contributed by atoms with Crippen LogP contribution in [-0.2, 0) is 42.9 Å². The molecule has 19 atom stereocenters. The van der Waals surface area contributed by atoms with Gasteiger partial charge in [0.15, 0.2) is 17.6 Å². The van der Waals surface area contributed by atoms with Gasteiger partial charge in [-0.3, -0.25) is 19.4 Å². The summed E-state index contributed by atoms with van der Waals surface area (Å²) in [6, 6.07) is 1.82. The van der Waals surface area contributed by atoms with E-state index in [-0.39, 0.29) is 139 Å². The Bertz CT molecular complexity index is 2330. The molecule has 1 aliphatic heterocycles. The molecule has 11 rings (SSSR count). The molecule has 430 valence electrons. The third-order valence-corrected chi connectivity index (χ3v) is 21.9. The molecular weight excluding hydrogens is 1140 g/mol. The number of carbonyl (C=O) groups is 3. The van der Waals surface area contributed by atoms with Crippen molar-refractivity contribution in [2.24, 2.45) is 93.7 Å². The van der Waals surface area contributed by atoms with Gasteiger partial charge in [-0.05, 0) is 223 Å². The van der Waals surface area contributed by atoms with E-state index in [1.807, 2.05) is 13.8 Å². The van der Waals surface area contributed by atoms with Crippen molar-refractivity contribution in [3.63, 3.8) is 0 Å². The number of ether oxygens (including phenoxy) is 1. The molecule has 1 saturated heterocycles. The molecule has 0 spiro atoms. The van der Waals surface area contributed by atoms with Crippen LogP contribution in [0.25, 0.3) is 0 Å². The van der Waals surface area contributed by atoms with Gasteiger partial charge in [0, 0.05) is 30.8 Å². The SMILES string of the molecule is C[C@@H]1C[C@H](C(=O)CBr)[C@@]2(C)CC[C@H]3[C@@H](CC[C@@H]4C[C@](C)(O)CC[C@@H]43)[C@H]12.C[C@@H]1C[C@H](C(=O)Cn2ccc(C(F)(F)F)n2)[C@@]2(C)CC[C@H]3[C@@H](CC[C@@H]4C[C@](C)(O)CC[C@@H]43)[C@H]12.FC(F)(F)c1ccn[nH]1.O=C(O[O-])C1CCCO1.[H-].[K+].[K+]. The van der Waals surface area contributed by atoms with Crippen LogP contribution in [0.5, 0.6) is 0 Å². The summed E-state index contributed by atoms with van der Waals surface area (Å²) in [5.41, 5.74) is -2.55. The Hall–Kier alpha value is 0.403. The first-order valence-corrected chi connectivity index (χ1v) is 29.4. The number of hydrogen-bond donors (Lipinski definition) is 3. The molecule has 9 aliphatic rings. The molecule has 0 radical (unpaired) electrons. The predicted octanol–water partition coefficient (Wildman–Crippen LogP) is 5.49. The Labute approximate surface area is 551 Å². The minimum Gasteiger partial charge on any atom is -1.00 e. The minimum atomic E-state index is -4.49. The molecule has 78 heavy (non-hydrogen) atoms. The Morgan fingerprint density at radius 1 is 0.744 bits per heavy atom. The molecule has 3 N–H and O–H groups in total. The van der Waals surface area contributed by atoms with Crippen LogP contribution in [-0.4, -0.2) is 77.0 Å². The van der Waals surface area contributed by atoms with E-state index in [2.05, 4.69) is 58.7 Å². The number of halogens is 7. The van der Waals surface area contributed by atoms with E-state index in [0.717, 1.165) is 117 Å². The normalized spacial score (nSPS) is 41.2. The van der Waals surface area contributed by atoms with Crippen LogP contribution in [0.15, 0.2) is 24.5 Å². The van der Waals surface area contributed by atoms with Crippen LogP contribution < -0.4 is 108 Å². The number of aliphatic hydroxyl groups is 2. The molecule has 0 aromatic carbocycles. The number of aromatic nitrogens is 4. The summed E-state index contributed by atoms with van der Waals surface area (Å²) in [7, 11) is 0. The maximum atomic E-state index is 13.4. The number of nitrogens with zero attached hydrogens (tertiary/aromatic N) is 3. The summed E-state index contributed by atoms with van der Waals surface area (Å²) in [4.78, 5) is 39.5. The molecule has 2 aromatic heterocycles. The first kappa shape index (κ1) is 67.5. The van der Waals surface area contributed by atoms with Crippen LogP contribution in [0.4, 0.5) is 26.3 Å². The van der Waals surface area contributed by atoms with Crippen molar-refractivity contribution in [3.8, 4) is 0 Å². The van der Waals surface area contributed by atoms with E-state index >= 15 is 0 Å². The van der Waals surface area contributed by atoms with E-state index in [9.17, 15) is 56.2 Å². The minimum absolute atomic E-state index is 0. The van der Waals surface area contributed by atoms with Gasteiger partial charge >= 0.3 is 121 Å². The number of Topliss-reactive ketones (excluding diaryl/α,β-unsaturated/α-hetero) is 2. The Morgan fingerprint density at radius 2 is 1.24 bits per heavy atom. The average Bonchev–Trinajstić information content (AvgIpc) is 4.45. The first-order chi connectivity index (χ1) is 35.6. The van der Waals surface area contributed by atoms with Crippen LogP contribution in [0, 0.1) is 93.7 Å². The zero-order chi connectivity index (χ0) is 55.3. The van der Waals surface area contributed by atoms with Gasteiger partial charge in [-0.2, -0.15) is 36.5 Å². The van der Waals surface area contributed by atoms with Gasteiger partial charge in [0.25, 0.3) is 0 Å². The average molecular weight is 1220 g/mol. The van der Waals surface area contributed by atoms with Gasteiger partial charge in [0.05, 0.1) is 23.1 Å². The monoisotopic (exact) mass is 1220 g/mol. The molecular formula is C57H83BrF6K2N4O8. The third-order valence-electron chi connectivity index (χ3n) is 21.3. The quantitative estimate of drug-likeness (QED) is 0.110. The smallest absolute Gasteiger partial charge is 1.00 e. The topological polar surface area (TPSA) is 180 Å². The summed E-state index contributed by atoms with van der Waals surface area (Å²) < 4.78 is 79.4. The number of aromatic amines is 1. The number of nitrogens with one attached hydrogen (secondary N) is 1. The van der Waals surface area contributed by atoms with Crippen LogP contribution in [0.2, 0.25) is 0 Å². The number of hydrogen-bond acceptors (Lipinski definition) is 10. The van der Waals surface area contributed by atoms with Crippen molar-refractivity contribution < 1.29 is 170 Å². The van der Waals surface area contributed by atoms with Gasteiger partial charge in [-0.1, -0.05) is 43.6 Å². The van der Waals surface area contributed by atoms with E-state index in [1.165, 1.54) is 51.1 Å². The summed E-state index contributed by atoms with van der Waals surface area (Å²) in [6.45, 7) is 13.9. The molecule has 12 nitrogen and oxygen atoms in total. The maximum Gasteiger partial charge on any atom is 1.00 e. The van der Waals surface area contributed by atoms with Crippen molar-refractivity contribution in [2.45, 2.75) is 193 Å². The zero-order valence-corrected chi connectivity index (χ0v) is 55.0. The molecule has 2 aromatic rings. The molecule has 21 heteroatoms. The standard InChI is InChI=1S/C26H37F3N2O2.C22H35BrO2.C5H8O4.C4H3F3N2.2K.H/c1-15-12-20(21(32)14-31-11-8-22(30-31)26(27,28)29)25(3)10-7-18-17-6-9-24(2,33)13-16(17)4-5-19(18)23(15)25;1-13-10-18(19(24)12-23)22(3)9-7-16-15-6-8-21(2,25)11-14(15)4-5-17(16)20(13)22;6-5(9-7)4-2-1-3-8-4;5-4(6,7)3-1-2-8-9-3;;;/h8,11,15-20,23,33H,4-7,9-10,12-14H2,1-3H3;13-18,20,25H,4-12H2,1-3H3;4,7H,1-3H2;1-2H,(H,8,9);;;/q;;;;2*+1;-1/p-1/t15-,16-,17+,18-,19-,20-,23+,24-,25-;13-,14-,15+,16-,17-,18-,20+,21-,22-;;;;;/m11...../s1. The Kier molecular flexibility index (Phi) is 23.4. The number of rotatable bonds is 6. The number of ketones is 2. The van der Waals surface area contributed by atoms with Gasteiger partial charge in [0.2, 0.25) is 0 Å². The van der Waals surface area contributed by atoms with Crippen molar-refractivity contribution >= 4 is 33.5 Å². The second-order valence-corrected chi connectivity index (χ2v) is 26.7. The predicted molar refractivity (Wildman–Crippen MR) is 272 cm³/mol. The van der Waals surface area contributed by atoms with Crippen LogP contribution >= 0.6 is 15.9 Å². The molecule has 3 heterocycles. The summed E-state index contributed by atoms with van der Waals surface area (Å²) in [6.07, 6.45) is 12.2. The van der Waals surface area contributed by atoms with Crippen LogP contribution in [0.1, 0.15) is 170 Å². The molecule has 0 bridgehead atoms. The van der Waals surface area contributed by atoms with Gasteiger partial charge in [-0.25, -0.2) is 4.79 Å². The molecule has 8 saturated carbocycles. The molecule has 9 fully saturated rings. The fourth-order valence-corrected chi connectivity index (χ4v) is 18.8. The summed E-state index contributed by atoms with van der Waals surface area (Å²) in [5, 5.41) is 39.7. The second-order valence-electron chi connectivity index (χ2n) is 26.1. The largest absolute Gasteiger partial charge is 1.00 e. The van der Waals surface area contributed by atoms with Crippen molar-refractivity contribution in [2.75, 3.05) is 11.9 Å². The van der Waals surface area contributed by atoms with Gasteiger partial charge in [0.1, 0.15) is 11.5 Å². The summed E-state index contributed by atoms with van der Waals surface area (Å²) >= 11 is 3.44. The Balaban J connectivity index is 0.000000219. The van der Waals surface area contributed by atoms with E-state index in [0.29, 0.717) is 65.6 Å². The maximum absolute atomic E-state index is 13.4. The van der Waals surface area contributed by atoms with E-state index < -0.39 is 47.0 Å². The summed E-state index contributed by atoms with van der Waals surface area (Å²) in [5.74, 6) is 8.10. The van der Waals surface area contributed by atoms with E-state index in [1.54, 1.807) is 5.10 Å². The van der Waals surface area contributed by atoms with Crippen molar-refractivity contribution in [3.05, 3.63) is 35.9 Å². The number of carbonyl (C=O) groups excluding carboxylic acids is 3. The van der Waals surface area contributed by atoms with Gasteiger partial charge in [-0.15, -0.1) is 0 Å². The fraction of sp³-hybridized carbons (Fsp3) is 0.842. The fourth-order valence-electron chi connectivity index (χ4n) is 18.4. The third kappa shape index (κ3) is 14.8. The van der Waals surface area contributed by atoms with Crippen LogP contribution in [0.3, 0.4) is 0 Å². The second kappa shape index (κ2) is 27.0. The Morgan fingerprint density at radius 3 is 1.64 bits per heavy atom. The molecule has 1 unspecified atom stereocenters.